The van der Waals surface area contributed by atoms with Gasteiger partial charge in [0.1, 0.15) is 0 Å². The Hall–Kier alpha value is -1.05. The molecule has 1 aliphatic carbocycles. The van der Waals surface area contributed by atoms with Gasteiger partial charge >= 0.3 is 5.97 Å². The number of methoxy groups -OCH3 is 1. The van der Waals surface area contributed by atoms with Crippen molar-refractivity contribution in [3.63, 3.8) is 0 Å². The highest BCUT2D eigenvalue weighted by molar-refractivity contribution is 5.69. The van der Waals surface area contributed by atoms with E-state index in [2.05, 4.69) is 30.4 Å². The van der Waals surface area contributed by atoms with E-state index in [1.54, 1.807) is 0 Å². The Labute approximate surface area is 92.0 Å². The van der Waals surface area contributed by atoms with Crippen molar-refractivity contribution in [3.05, 3.63) is 24.3 Å². The lowest BCUT2D eigenvalue weighted by Gasteiger charge is -2.23. The lowest BCUT2D eigenvalue weighted by atomic mass is 9.82. The maximum Gasteiger partial charge on any atom is 0.305 e. The molecular formula is C13H20O2. The molecule has 0 spiro atoms. The molecule has 84 valence electrons. The van der Waals surface area contributed by atoms with Gasteiger partial charge in [0.25, 0.3) is 0 Å². The van der Waals surface area contributed by atoms with Crippen molar-refractivity contribution >= 4 is 5.97 Å². The van der Waals surface area contributed by atoms with Crippen molar-refractivity contribution in [1.29, 1.82) is 0 Å². The summed E-state index contributed by atoms with van der Waals surface area (Å²) < 4.78 is 4.63. The van der Waals surface area contributed by atoms with Gasteiger partial charge in [-0.05, 0) is 31.1 Å². The maximum atomic E-state index is 11.0. The summed E-state index contributed by atoms with van der Waals surface area (Å²) in [4.78, 5) is 11.0. The molecule has 0 heterocycles. The third-order valence-electron chi connectivity index (χ3n) is 3.14. The van der Waals surface area contributed by atoms with Gasteiger partial charge in [0.15, 0.2) is 0 Å². The normalized spacial score (nSPS) is 22.5. The largest absolute Gasteiger partial charge is 0.469 e. The van der Waals surface area contributed by atoms with Crippen molar-refractivity contribution in [1.82, 2.24) is 0 Å². The maximum absolute atomic E-state index is 11.0. The highest BCUT2D eigenvalue weighted by Crippen LogP contribution is 2.29. The first-order valence-corrected chi connectivity index (χ1v) is 5.56. The molecule has 0 saturated heterocycles. The first-order valence-electron chi connectivity index (χ1n) is 5.56. The quantitative estimate of drug-likeness (QED) is 0.664. The second kappa shape index (κ2) is 5.74. The molecule has 0 unspecified atom stereocenters. The molecule has 2 nitrogen and oxygen atoms in total. The monoisotopic (exact) mass is 208 g/mol. The Morgan fingerprint density at radius 2 is 2.47 bits per heavy atom. The SMILES string of the molecule is C=C1C=C[C@H]([C@H](C)CCC(=O)OC)CC1. The number of ether oxygens (including phenoxy) is 1. The summed E-state index contributed by atoms with van der Waals surface area (Å²) in [6.45, 7) is 6.13. The van der Waals surface area contributed by atoms with Crippen LogP contribution in [-0.4, -0.2) is 13.1 Å². The van der Waals surface area contributed by atoms with E-state index in [1.165, 1.54) is 12.7 Å². The summed E-state index contributed by atoms with van der Waals surface area (Å²) in [7, 11) is 1.44. The zero-order valence-corrected chi connectivity index (χ0v) is 9.66. The molecule has 0 aromatic carbocycles. The predicted molar refractivity (Wildman–Crippen MR) is 61.4 cm³/mol. The topological polar surface area (TPSA) is 26.3 Å². The summed E-state index contributed by atoms with van der Waals surface area (Å²) in [5.74, 6) is 1.04. The van der Waals surface area contributed by atoms with E-state index in [-0.39, 0.29) is 5.97 Å². The number of carbonyl (C=O) groups is 1. The molecule has 15 heavy (non-hydrogen) atoms. The van der Waals surface area contributed by atoms with Crippen LogP contribution in [0.4, 0.5) is 0 Å². The van der Waals surface area contributed by atoms with E-state index >= 15 is 0 Å². The van der Waals surface area contributed by atoms with E-state index < -0.39 is 0 Å². The molecule has 0 radical (unpaired) electrons. The summed E-state index contributed by atoms with van der Waals surface area (Å²) in [6.07, 6.45) is 8.04. The van der Waals surface area contributed by atoms with Crippen molar-refractivity contribution < 1.29 is 9.53 Å². The van der Waals surface area contributed by atoms with Crippen LogP contribution in [0.1, 0.15) is 32.6 Å². The van der Waals surface area contributed by atoms with Crippen LogP contribution in [0, 0.1) is 11.8 Å². The number of hydrogen-bond acceptors (Lipinski definition) is 2. The Morgan fingerprint density at radius 1 is 1.73 bits per heavy atom. The van der Waals surface area contributed by atoms with Gasteiger partial charge in [-0.2, -0.15) is 0 Å². The molecular weight excluding hydrogens is 188 g/mol. The summed E-state index contributed by atoms with van der Waals surface area (Å²) in [5.41, 5.74) is 1.21. The van der Waals surface area contributed by atoms with Gasteiger partial charge in [-0.3, -0.25) is 4.79 Å². The van der Waals surface area contributed by atoms with Crippen LogP contribution in [0.5, 0.6) is 0 Å². The summed E-state index contributed by atoms with van der Waals surface area (Å²) in [5, 5.41) is 0. The minimum absolute atomic E-state index is 0.106. The zero-order chi connectivity index (χ0) is 11.3. The van der Waals surface area contributed by atoms with Gasteiger partial charge < -0.3 is 4.74 Å². The van der Waals surface area contributed by atoms with Crippen molar-refractivity contribution in [2.75, 3.05) is 7.11 Å². The molecule has 1 aliphatic rings. The van der Waals surface area contributed by atoms with Gasteiger partial charge in [-0.15, -0.1) is 0 Å². The first-order chi connectivity index (χ1) is 7.13. The van der Waals surface area contributed by atoms with Crippen molar-refractivity contribution in [2.24, 2.45) is 11.8 Å². The summed E-state index contributed by atoms with van der Waals surface area (Å²) in [6, 6.07) is 0. The van der Waals surface area contributed by atoms with Crippen LogP contribution in [0.15, 0.2) is 24.3 Å². The third-order valence-corrected chi connectivity index (χ3v) is 3.14. The molecule has 1 rings (SSSR count). The van der Waals surface area contributed by atoms with Crippen LogP contribution in [0.2, 0.25) is 0 Å². The number of hydrogen-bond donors (Lipinski definition) is 0. The number of allylic oxidation sites excluding steroid dienone is 3. The third kappa shape index (κ3) is 3.90. The molecule has 0 saturated carbocycles. The highest BCUT2D eigenvalue weighted by atomic mass is 16.5. The molecule has 0 aliphatic heterocycles. The Bertz CT molecular complexity index is 266. The van der Waals surface area contributed by atoms with E-state index in [0.29, 0.717) is 18.3 Å². The van der Waals surface area contributed by atoms with Crippen LogP contribution in [0.3, 0.4) is 0 Å². The number of esters is 1. The fourth-order valence-corrected chi connectivity index (χ4v) is 1.93. The molecule has 0 amide bonds. The number of carbonyl (C=O) groups excluding carboxylic acids is 1. The molecule has 2 atom stereocenters. The Morgan fingerprint density at radius 3 is 3.00 bits per heavy atom. The van der Waals surface area contributed by atoms with Crippen LogP contribution >= 0.6 is 0 Å². The van der Waals surface area contributed by atoms with Crippen molar-refractivity contribution in [3.8, 4) is 0 Å². The van der Waals surface area contributed by atoms with Gasteiger partial charge in [-0.1, -0.05) is 31.2 Å². The average molecular weight is 208 g/mol. The molecule has 0 N–H and O–H groups in total. The van der Waals surface area contributed by atoms with Gasteiger partial charge in [0, 0.05) is 6.42 Å². The lowest BCUT2D eigenvalue weighted by molar-refractivity contribution is -0.141. The highest BCUT2D eigenvalue weighted by Gasteiger charge is 2.18. The zero-order valence-electron chi connectivity index (χ0n) is 9.66. The molecule has 0 fully saturated rings. The Balaban J connectivity index is 2.34. The van der Waals surface area contributed by atoms with E-state index in [9.17, 15) is 4.79 Å². The van der Waals surface area contributed by atoms with Crippen LogP contribution in [-0.2, 0) is 9.53 Å². The van der Waals surface area contributed by atoms with Crippen LogP contribution in [0.25, 0.3) is 0 Å². The second-order valence-corrected chi connectivity index (χ2v) is 4.31. The smallest absolute Gasteiger partial charge is 0.305 e. The van der Waals surface area contributed by atoms with E-state index in [1.807, 2.05) is 0 Å². The van der Waals surface area contributed by atoms with Gasteiger partial charge in [-0.25, -0.2) is 0 Å². The predicted octanol–water partition coefficient (Wildman–Crippen LogP) is 3.10. The Kier molecular flexibility index (Phi) is 4.60. The number of rotatable bonds is 4. The first kappa shape index (κ1) is 12.0. The lowest BCUT2D eigenvalue weighted by Crippen LogP contribution is -2.14. The van der Waals surface area contributed by atoms with Crippen molar-refractivity contribution in [2.45, 2.75) is 32.6 Å². The standard InChI is InChI=1S/C13H20O2/c1-10-4-7-12(8-5-10)11(2)6-9-13(14)15-3/h4,7,11-12H,1,5-6,8-9H2,2-3H3/t11-,12+/m1/s1. The minimum Gasteiger partial charge on any atom is -0.469 e. The molecule has 0 aromatic heterocycles. The summed E-state index contributed by atoms with van der Waals surface area (Å²) >= 11 is 0. The molecule has 2 heteroatoms. The minimum atomic E-state index is -0.106. The van der Waals surface area contributed by atoms with Gasteiger partial charge in [0.2, 0.25) is 0 Å². The fraction of sp³-hybridized carbons (Fsp3) is 0.615. The van der Waals surface area contributed by atoms with Gasteiger partial charge in [0.05, 0.1) is 7.11 Å². The second-order valence-electron chi connectivity index (χ2n) is 4.31. The fourth-order valence-electron chi connectivity index (χ4n) is 1.93. The van der Waals surface area contributed by atoms with E-state index in [4.69, 9.17) is 0 Å². The van der Waals surface area contributed by atoms with E-state index in [0.717, 1.165) is 19.3 Å². The van der Waals surface area contributed by atoms with Crippen LogP contribution < -0.4 is 0 Å². The average Bonchev–Trinajstić information content (AvgIpc) is 2.26. The molecule has 0 bridgehead atoms. The molecule has 0 aromatic rings.